The van der Waals surface area contributed by atoms with Crippen LogP contribution in [0.15, 0.2) is 0 Å². The van der Waals surface area contributed by atoms with Gasteiger partial charge in [0.15, 0.2) is 12.2 Å². The van der Waals surface area contributed by atoms with Gasteiger partial charge < -0.3 is 33.8 Å². The molecule has 0 heterocycles. The van der Waals surface area contributed by atoms with E-state index in [2.05, 4.69) is 34.6 Å². The molecule has 2 unspecified atom stereocenters. The second kappa shape index (κ2) is 56.8. The molecule has 0 rings (SSSR count). The second-order valence-electron chi connectivity index (χ2n) is 23.3. The fourth-order valence-electron chi connectivity index (χ4n) is 9.41. The molecule has 82 heavy (non-hydrogen) atoms. The van der Waals surface area contributed by atoms with Crippen LogP contribution in [0.3, 0.4) is 0 Å². The summed E-state index contributed by atoms with van der Waals surface area (Å²) in [6, 6.07) is 0. The largest absolute Gasteiger partial charge is 0.472 e. The maximum Gasteiger partial charge on any atom is 0.472 e. The predicted octanol–water partition coefficient (Wildman–Crippen LogP) is 17.4. The Balaban J connectivity index is 5.09. The van der Waals surface area contributed by atoms with Gasteiger partial charge in [-0.2, -0.15) is 0 Å². The van der Waals surface area contributed by atoms with E-state index in [-0.39, 0.29) is 25.7 Å². The van der Waals surface area contributed by atoms with E-state index in [9.17, 15) is 43.2 Å². The molecular formula is C63H122O17P2. The number of hydrogen-bond acceptors (Lipinski definition) is 15. The van der Waals surface area contributed by atoms with Crippen molar-refractivity contribution in [3.8, 4) is 0 Å². The molecule has 0 aliphatic rings. The first kappa shape index (κ1) is 80.1. The number of unbranched alkanes of at least 4 members (excludes halogenated alkanes) is 35. The first-order valence-electron chi connectivity index (χ1n) is 33.1. The van der Waals surface area contributed by atoms with Gasteiger partial charge in [0, 0.05) is 25.7 Å². The van der Waals surface area contributed by atoms with Crippen molar-refractivity contribution in [2.24, 2.45) is 5.92 Å². The molecule has 0 fully saturated rings. The Morgan fingerprint density at radius 2 is 0.561 bits per heavy atom. The van der Waals surface area contributed by atoms with E-state index in [1.54, 1.807) is 0 Å². The van der Waals surface area contributed by atoms with Crippen LogP contribution in [0.4, 0.5) is 0 Å². The third-order valence-corrected chi connectivity index (χ3v) is 16.4. The maximum absolute atomic E-state index is 13.0. The summed E-state index contributed by atoms with van der Waals surface area (Å²) in [5.74, 6) is -1.44. The van der Waals surface area contributed by atoms with Crippen LogP contribution in [-0.2, 0) is 65.4 Å². The van der Waals surface area contributed by atoms with Gasteiger partial charge in [0.1, 0.15) is 19.3 Å². The van der Waals surface area contributed by atoms with E-state index < -0.39 is 97.5 Å². The van der Waals surface area contributed by atoms with Gasteiger partial charge in [0.05, 0.1) is 26.4 Å². The third kappa shape index (κ3) is 57.2. The number of carbonyl (C=O) groups excluding carboxylic acids is 4. The molecule has 0 amide bonds. The zero-order valence-electron chi connectivity index (χ0n) is 52.6. The van der Waals surface area contributed by atoms with Crippen molar-refractivity contribution in [1.82, 2.24) is 0 Å². The van der Waals surface area contributed by atoms with Crippen molar-refractivity contribution in [2.45, 2.75) is 335 Å². The average Bonchev–Trinajstić information content (AvgIpc) is 3.44. The van der Waals surface area contributed by atoms with Gasteiger partial charge in [0.25, 0.3) is 0 Å². The minimum Gasteiger partial charge on any atom is -0.462 e. The van der Waals surface area contributed by atoms with Gasteiger partial charge in [-0.05, 0) is 31.6 Å². The Morgan fingerprint density at radius 1 is 0.329 bits per heavy atom. The van der Waals surface area contributed by atoms with E-state index in [4.69, 9.17) is 37.0 Å². The summed E-state index contributed by atoms with van der Waals surface area (Å²) < 4.78 is 67.7. The minimum atomic E-state index is -4.94. The highest BCUT2D eigenvalue weighted by atomic mass is 31.2. The number of esters is 4. The lowest BCUT2D eigenvalue weighted by Gasteiger charge is -2.21. The van der Waals surface area contributed by atoms with Crippen LogP contribution in [0, 0.1) is 5.92 Å². The molecule has 0 spiro atoms. The molecular weight excluding hydrogens is 1090 g/mol. The van der Waals surface area contributed by atoms with Gasteiger partial charge in [-0.1, -0.05) is 266 Å². The van der Waals surface area contributed by atoms with Gasteiger partial charge in [-0.3, -0.25) is 37.3 Å². The smallest absolute Gasteiger partial charge is 0.462 e. The van der Waals surface area contributed by atoms with Gasteiger partial charge in [-0.15, -0.1) is 0 Å². The van der Waals surface area contributed by atoms with Crippen molar-refractivity contribution in [3.63, 3.8) is 0 Å². The Hall–Kier alpha value is -1.94. The van der Waals surface area contributed by atoms with Crippen LogP contribution in [0.5, 0.6) is 0 Å². The van der Waals surface area contributed by atoms with Gasteiger partial charge in [0.2, 0.25) is 0 Å². The fraction of sp³-hybridized carbons (Fsp3) is 0.937. The molecule has 486 valence electrons. The number of carbonyl (C=O) groups is 4. The molecule has 0 saturated carbocycles. The zero-order chi connectivity index (χ0) is 60.6. The zero-order valence-corrected chi connectivity index (χ0v) is 54.4. The summed E-state index contributed by atoms with van der Waals surface area (Å²) in [6.45, 7) is 7.01. The molecule has 0 bridgehead atoms. The van der Waals surface area contributed by atoms with Crippen LogP contribution in [0.2, 0.25) is 0 Å². The van der Waals surface area contributed by atoms with Crippen molar-refractivity contribution >= 4 is 39.5 Å². The van der Waals surface area contributed by atoms with Crippen LogP contribution >= 0.6 is 15.6 Å². The topological polar surface area (TPSA) is 237 Å². The normalized spacial score (nSPS) is 14.3. The minimum absolute atomic E-state index is 0.104. The predicted molar refractivity (Wildman–Crippen MR) is 326 cm³/mol. The first-order chi connectivity index (χ1) is 39.5. The molecule has 0 aromatic heterocycles. The van der Waals surface area contributed by atoms with Crippen LogP contribution in [0.1, 0.15) is 317 Å². The third-order valence-electron chi connectivity index (χ3n) is 14.5. The van der Waals surface area contributed by atoms with Crippen LogP contribution in [0.25, 0.3) is 0 Å². The Labute approximate surface area is 498 Å². The Bertz CT molecular complexity index is 1600. The quantitative estimate of drug-likeness (QED) is 0.0222. The monoisotopic (exact) mass is 1210 g/mol. The lowest BCUT2D eigenvalue weighted by molar-refractivity contribution is -0.161. The molecule has 0 radical (unpaired) electrons. The number of ether oxygens (including phenoxy) is 4. The number of rotatable bonds is 63. The first-order valence-corrected chi connectivity index (χ1v) is 36.1. The summed E-state index contributed by atoms with van der Waals surface area (Å²) >= 11 is 0. The molecule has 5 atom stereocenters. The average molecular weight is 1210 g/mol. The van der Waals surface area contributed by atoms with Crippen molar-refractivity contribution < 1.29 is 80.2 Å². The van der Waals surface area contributed by atoms with Crippen LogP contribution < -0.4 is 0 Å². The standard InChI is InChI=1S/C63H122O17P2/c1-6-9-12-15-17-19-20-21-22-23-24-25-26-27-28-29-33-39-44-49-63(68)80-59(53-74-61(66)47-42-37-34-30-31-36-40-45-56(4)5)55-78-82(71,72)76-51-57(64)50-75-81(69,70)77-54-58(52-73-60(65)46-41-35-14-11-8-3)79-62(67)48-43-38-32-18-16-13-10-7-2/h56-59,64H,6-55H2,1-5H3,(H,69,70)(H,71,72)/t57-,58+,59+/m0/s1. The second-order valence-corrected chi connectivity index (χ2v) is 26.2. The van der Waals surface area contributed by atoms with Crippen molar-refractivity contribution in [2.75, 3.05) is 39.6 Å². The number of hydrogen-bond donors (Lipinski definition) is 3. The lowest BCUT2D eigenvalue weighted by Crippen LogP contribution is -2.30. The van der Waals surface area contributed by atoms with Gasteiger partial charge >= 0.3 is 39.5 Å². The fourth-order valence-corrected chi connectivity index (χ4v) is 11.0. The summed E-state index contributed by atoms with van der Waals surface area (Å²) in [5.41, 5.74) is 0. The van der Waals surface area contributed by atoms with Crippen LogP contribution in [-0.4, -0.2) is 96.7 Å². The molecule has 19 heteroatoms. The van der Waals surface area contributed by atoms with E-state index >= 15 is 0 Å². The Morgan fingerprint density at radius 3 is 0.829 bits per heavy atom. The summed E-state index contributed by atoms with van der Waals surface area (Å²) in [4.78, 5) is 71.8. The number of phosphoric ester groups is 2. The number of phosphoric acid groups is 2. The molecule has 3 N–H and O–H groups in total. The summed E-state index contributed by atoms with van der Waals surface area (Å²) in [5, 5.41) is 10.5. The SMILES string of the molecule is CCCCCCCCCCCCCCCCCCCCCC(=O)O[C@H](COC(=O)CCCCCCCCCC(C)C)COP(=O)(O)OC[C@@H](O)COP(=O)(O)OC[C@@H](COC(=O)CCCCCCC)OC(=O)CCCCCCCCCC. The molecule has 0 saturated heterocycles. The van der Waals surface area contributed by atoms with Crippen molar-refractivity contribution in [1.29, 1.82) is 0 Å². The summed E-state index contributed by atoms with van der Waals surface area (Å²) in [6.07, 6.45) is 41.0. The molecule has 0 aromatic rings. The highest BCUT2D eigenvalue weighted by molar-refractivity contribution is 7.47. The number of aliphatic hydroxyl groups excluding tert-OH is 1. The lowest BCUT2D eigenvalue weighted by atomic mass is 10.0. The van der Waals surface area contributed by atoms with E-state index in [1.807, 2.05) is 0 Å². The molecule has 0 aliphatic heterocycles. The Kier molecular flexibility index (Phi) is 55.5. The van der Waals surface area contributed by atoms with Gasteiger partial charge in [-0.25, -0.2) is 9.13 Å². The van der Waals surface area contributed by atoms with E-state index in [0.717, 1.165) is 109 Å². The number of aliphatic hydroxyl groups is 1. The highest BCUT2D eigenvalue weighted by Crippen LogP contribution is 2.45. The van der Waals surface area contributed by atoms with E-state index in [0.29, 0.717) is 31.6 Å². The summed E-state index contributed by atoms with van der Waals surface area (Å²) in [7, 11) is -9.87. The van der Waals surface area contributed by atoms with Crippen molar-refractivity contribution in [3.05, 3.63) is 0 Å². The highest BCUT2D eigenvalue weighted by Gasteiger charge is 2.30. The molecule has 0 aliphatic carbocycles. The maximum atomic E-state index is 13.0. The molecule has 17 nitrogen and oxygen atoms in total. The molecule has 0 aromatic carbocycles. The van der Waals surface area contributed by atoms with E-state index in [1.165, 1.54) is 122 Å².